The van der Waals surface area contributed by atoms with E-state index in [2.05, 4.69) is 34.9 Å². The summed E-state index contributed by atoms with van der Waals surface area (Å²) in [4.78, 5) is -1.86. The molecule has 4 aromatic carbocycles. The number of nitrogens with zero attached hydrogens (tertiary/aromatic N) is 1. The lowest BCUT2D eigenvalue weighted by Crippen LogP contribution is -2.29. The van der Waals surface area contributed by atoms with Crippen molar-refractivity contribution in [3.63, 3.8) is 0 Å². The maximum Gasteiger partial charge on any atom is 0.310 e. The molecule has 3 atom stereocenters. The molecule has 39 heavy (non-hydrogen) atoms. The topological polar surface area (TPSA) is 14.2 Å². The van der Waals surface area contributed by atoms with Gasteiger partial charge in [0.2, 0.25) is 0 Å². The first-order chi connectivity index (χ1) is 18.4. The van der Waals surface area contributed by atoms with Crippen LogP contribution in [0.5, 0.6) is 0 Å². The predicted molar refractivity (Wildman–Crippen MR) is 145 cm³/mol. The monoisotopic (exact) mass is 551 g/mol. The predicted octanol–water partition coefficient (Wildman–Crippen LogP) is 9.82. The van der Waals surface area contributed by atoms with E-state index >= 15 is 0 Å². The van der Waals surface area contributed by atoms with Gasteiger partial charge in [-0.3, -0.25) is 0 Å². The van der Waals surface area contributed by atoms with Crippen molar-refractivity contribution in [2.24, 2.45) is 0 Å². The molecule has 0 radical (unpaired) electrons. The summed E-state index contributed by atoms with van der Waals surface area (Å²) in [5.41, 5.74) is 6.11. The molecule has 0 amide bonds. The van der Waals surface area contributed by atoms with Crippen LogP contribution in [0.4, 0.5) is 19.4 Å². The van der Waals surface area contributed by atoms with Gasteiger partial charge in [0.05, 0.1) is 17.1 Å². The number of fused-ring (bicyclic) bond motifs is 9. The molecule has 0 spiro atoms. The van der Waals surface area contributed by atoms with Gasteiger partial charge in [-0.15, -0.1) is 0 Å². The van der Waals surface area contributed by atoms with E-state index in [1.807, 2.05) is 42.5 Å². The van der Waals surface area contributed by atoms with Crippen molar-refractivity contribution < 1.29 is 24.2 Å². The average Bonchev–Trinajstić information content (AvgIpc) is 3.65. The van der Waals surface area contributed by atoms with Crippen LogP contribution in [-0.2, 0) is 16.9 Å². The fourth-order valence-electron chi connectivity index (χ4n) is 6.92. The molecule has 8 heteroatoms. The lowest BCUT2D eigenvalue weighted by molar-refractivity contribution is -0.0210. The first-order valence-electron chi connectivity index (χ1n) is 12.8. The number of hydrogen-bond acceptors (Lipinski definition) is 1. The Kier molecular flexibility index (Phi) is 4.02. The summed E-state index contributed by atoms with van der Waals surface area (Å²) >= 11 is 0. The van der Waals surface area contributed by atoms with Crippen molar-refractivity contribution in [2.75, 3.05) is 0 Å². The van der Waals surface area contributed by atoms with Crippen LogP contribution in [0.2, 0.25) is 0 Å². The van der Waals surface area contributed by atoms with Crippen molar-refractivity contribution in [1.29, 1.82) is 0 Å². The van der Waals surface area contributed by atoms with E-state index in [1.165, 1.54) is 28.3 Å². The van der Waals surface area contributed by atoms with Crippen molar-refractivity contribution in [2.45, 2.75) is 35.5 Å². The minimum atomic E-state index is -9.81. The third-order valence-corrected chi connectivity index (χ3v) is 9.64. The highest BCUT2D eigenvalue weighted by Gasteiger charge is 2.65. The highest BCUT2D eigenvalue weighted by molar-refractivity contribution is 8.45. The zero-order chi connectivity index (χ0) is 26.8. The Morgan fingerprint density at radius 1 is 0.795 bits per heavy atom. The summed E-state index contributed by atoms with van der Waals surface area (Å²) in [6.45, 7) is 0. The van der Waals surface area contributed by atoms with Crippen LogP contribution in [0.15, 0.2) is 102 Å². The maximum absolute atomic E-state index is 13.6. The third kappa shape index (κ3) is 3.25. The molecule has 3 unspecified atom stereocenters. The normalized spacial score (nSPS) is 25.2. The zero-order valence-electron chi connectivity index (χ0n) is 20.5. The van der Waals surface area contributed by atoms with Gasteiger partial charge in [-0.1, -0.05) is 86.2 Å². The molecule has 0 saturated carbocycles. The summed E-state index contributed by atoms with van der Waals surface area (Å²) in [5, 5.41) is 2.19. The van der Waals surface area contributed by atoms with Gasteiger partial charge in [0.1, 0.15) is 4.90 Å². The van der Waals surface area contributed by atoms with Crippen LogP contribution in [-0.4, -0.2) is 10.7 Å². The Morgan fingerprint density at radius 3 is 2.44 bits per heavy atom. The van der Waals surface area contributed by atoms with Crippen LogP contribution in [0.25, 0.3) is 32.9 Å². The highest BCUT2D eigenvalue weighted by Crippen LogP contribution is 3.02. The van der Waals surface area contributed by atoms with E-state index in [-0.39, 0.29) is 5.56 Å². The molecule has 1 aliphatic carbocycles. The SMILES string of the molecule is FS(F)(F)(F)(F)c1cccc(C2CC3(n4c5ccccc5c5c6c(ccc54)Cc4ccccc4-6)C=CC2O3)c1. The molecular weight excluding hydrogens is 529 g/mol. The molecule has 2 bridgehead atoms. The number of rotatable bonds is 3. The fourth-order valence-corrected chi connectivity index (χ4v) is 7.62. The molecule has 8 rings (SSSR count). The molecule has 5 aromatic rings. The van der Waals surface area contributed by atoms with Crippen molar-refractivity contribution in [1.82, 2.24) is 4.57 Å². The van der Waals surface area contributed by atoms with Crippen LogP contribution in [0, 0.1) is 0 Å². The number of benzene rings is 4. The average molecular weight is 552 g/mol. The van der Waals surface area contributed by atoms with Gasteiger partial charge < -0.3 is 9.30 Å². The second-order valence-electron chi connectivity index (χ2n) is 10.8. The van der Waals surface area contributed by atoms with E-state index in [4.69, 9.17) is 4.74 Å². The third-order valence-electron chi connectivity index (χ3n) is 8.50. The second-order valence-corrected chi connectivity index (χ2v) is 13.2. The van der Waals surface area contributed by atoms with Crippen LogP contribution in [0.1, 0.15) is 29.0 Å². The molecule has 198 valence electrons. The smallest absolute Gasteiger partial charge is 0.310 e. The molecule has 3 heterocycles. The van der Waals surface area contributed by atoms with Gasteiger partial charge in [-0.25, -0.2) is 0 Å². The molecule has 2 nitrogen and oxygen atoms in total. The molecule has 0 N–H and O–H groups in total. The summed E-state index contributed by atoms with van der Waals surface area (Å²) in [6, 6.07) is 24.3. The van der Waals surface area contributed by atoms with E-state index in [9.17, 15) is 19.4 Å². The zero-order valence-corrected chi connectivity index (χ0v) is 21.3. The van der Waals surface area contributed by atoms with Gasteiger partial charge in [0.15, 0.2) is 5.72 Å². The second kappa shape index (κ2) is 6.74. The Hall–Kier alpha value is -3.62. The Bertz CT molecular complexity index is 1910. The number of para-hydroxylation sites is 1. The van der Waals surface area contributed by atoms with Gasteiger partial charge in [-0.2, -0.15) is 0 Å². The molecule has 2 aliphatic heterocycles. The lowest BCUT2D eigenvalue weighted by Gasteiger charge is -2.40. The number of hydrogen-bond donors (Lipinski definition) is 0. The minimum Gasteiger partial charge on any atom is -0.344 e. The van der Waals surface area contributed by atoms with Crippen molar-refractivity contribution in [3.8, 4) is 11.1 Å². The van der Waals surface area contributed by atoms with Crippen LogP contribution in [0.3, 0.4) is 0 Å². The minimum absolute atomic E-state index is 0.201. The standard InChI is InChI=1S/C31H22F5NOS/c32-39(33,34,35,36)22-8-5-7-20(17-22)25-18-31(15-14-28(25)38-31)37-26-11-4-3-10-24(26)30-27(37)13-12-21-16-19-6-1-2-9-23(19)29(21)30/h1-15,17,25,28H,16,18H2. The van der Waals surface area contributed by atoms with E-state index in [0.717, 1.165) is 34.3 Å². The van der Waals surface area contributed by atoms with Crippen LogP contribution < -0.4 is 0 Å². The van der Waals surface area contributed by atoms with Gasteiger partial charge >= 0.3 is 10.2 Å². The van der Waals surface area contributed by atoms with Gasteiger partial charge in [-0.05, 0) is 64.6 Å². The van der Waals surface area contributed by atoms with Gasteiger partial charge in [0.25, 0.3) is 0 Å². The number of ether oxygens (including phenoxy) is 1. The highest BCUT2D eigenvalue weighted by atomic mass is 32.5. The summed E-state index contributed by atoms with van der Waals surface area (Å²) < 4.78 is 76.8. The fraction of sp³-hybridized carbons (Fsp3) is 0.161. The van der Waals surface area contributed by atoms with Crippen molar-refractivity contribution in [3.05, 3.63) is 114 Å². The largest absolute Gasteiger partial charge is 0.344 e. The van der Waals surface area contributed by atoms with E-state index in [1.54, 1.807) is 0 Å². The van der Waals surface area contributed by atoms with Crippen LogP contribution >= 0.6 is 10.2 Å². The summed E-state index contributed by atoms with van der Waals surface area (Å²) in [5.74, 6) is -0.499. The van der Waals surface area contributed by atoms with Gasteiger partial charge in [0, 0.05) is 23.1 Å². The summed E-state index contributed by atoms with van der Waals surface area (Å²) in [7, 11) is -9.81. The summed E-state index contributed by atoms with van der Waals surface area (Å²) in [6.07, 6.45) is 4.48. The van der Waals surface area contributed by atoms with E-state index in [0.29, 0.717) is 18.6 Å². The number of aromatic nitrogens is 1. The molecule has 1 fully saturated rings. The Morgan fingerprint density at radius 2 is 1.59 bits per heavy atom. The Labute approximate surface area is 221 Å². The first-order valence-corrected chi connectivity index (χ1v) is 14.7. The lowest BCUT2D eigenvalue weighted by atomic mass is 9.85. The Balaban J connectivity index is 1.32. The quantitative estimate of drug-likeness (QED) is 0.158. The van der Waals surface area contributed by atoms with Crippen molar-refractivity contribution >= 4 is 32.0 Å². The van der Waals surface area contributed by atoms with E-state index < -0.39 is 32.9 Å². The molecule has 1 saturated heterocycles. The maximum atomic E-state index is 13.6. The molecule has 1 aromatic heterocycles. The molecular formula is C31H22F5NOS. The number of halogens is 5. The molecule has 3 aliphatic rings. The first kappa shape index (κ1) is 23.3.